The molecule has 1 aromatic carbocycles. The van der Waals surface area contributed by atoms with E-state index in [-0.39, 0.29) is 11.3 Å². The second-order valence-electron chi connectivity index (χ2n) is 2.77. The smallest absolute Gasteiger partial charge is 0.339 e. The zero-order chi connectivity index (χ0) is 10.3. The van der Waals surface area contributed by atoms with E-state index in [0.29, 0.717) is 4.70 Å². The minimum Gasteiger partial charge on any atom is -0.506 e. The number of hydrogen-bond donors (Lipinski definition) is 3. The number of thiophene rings is 1. The SMILES string of the molecule is O=C(O)c1ccc2cc(S)sc2c1O. The molecule has 0 atom stereocenters. The first-order valence-electron chi connectivity index (χ1n) is 3.77. The van der Waals surface area contributed by atoms with Gasteiger partial charge in [0, 0.05) is 0 Å². The molecule has 3 nitrogen and oxygen atoms in total. The fraction of sp³-hybridized carbons (Fsp3) is 0. The van der Waals surface area contributed by atoms with Gasteiger partial charge >= 0.3 is 5.97 Å². The molecule has 14 heavy (non-hydrogen) atoms. The molecule has 0 aliphatic carbocycles. The minimum atomic E-state index is -1.13. The Hall–Kier alpha value is -1.20. The van der Waals surface area contributed by atoms with Crippen molar-refractivity contribution in [1.82, 2.24) is 0 Å². The lowest BCUT2D eigenvalue weighted by molar-refractivity contribution is 0.0694. The van der Waals surface area contributed by atoms with Crippen molar-refractivity contribution >= 4 is 40.0 Å². The summed E-state index contributed by atoms with van der Waals surface area (Å²) < 4.78 is 1.31. The van der Waals surface area contributed by atoms with Crippen molar-refractivity contribution in [2.45, 2.75) is 4.21 Å². The van der Waals surface area contributed by atoms with Gasteiger partial charge in [0.2, 0.25) is 0 Å². The molecule has 0 aliphatic rings. The van der Waals surface area contributed by atoms with E-state index in [1.807, 2.05) is 0 Å². The average molecular weight is 226 g/mol. The van der Waals surface area contributed by atoms with Crippen LogP contribution in [0.4, 0.5) is 0 Å². The van der Waals surface area contributed by atoms with Crippen molar-refractivity contribution < 1.29 is 15.0 Å². The Labute approximate surface area is 89.0 Å². The standard InChI is InChI=1S/C9H6O3S2/c10-7-5(9(11)12)2-1-4-3-6(13)14-8(4)7/h1-3,10,13H,(H,11,12). The number of carboxylic acid groups (broad SMARTS) is 1. The molecule has 0 amide bonds. The summed E-state index contributed by atoms with van der Waals surface area (Å²) >= 11 is 5.40. The van der Waals surface area contributed by atoms with Crippen LogP contribution in [0, 0.1) is 0 Å². The molecule has 0 radical (unpaired) electrons. The lowest BCUT2D eigenvalue weighted by atomic mass is 10.1. The molecule has 0 aliphatic heterocycles. The number of thiol groups is 1. The van der Waals surface area contributed by atoms with Crippen molar-refractivity contribution in [3.63, 3.8) is 0 Å². The second-order valence-corrected chi connectivity index (χ2v) is 4.61. The third-order valence-electron chi connectivity index (χ3n) is 1.88. The highest BCUT2D eigenvalue weighted by molar-refractivity contribution is 7.83. The Morgan fingerprint density at radius 2 is 2.14 bits per heavy atom. The molecule has 0 unspecified atom stereocenters. The molecule has 0 bridgehead atoms. The largest absolute Gasteiger partial charge is 0.506 e. The summed E-state index contributed by atoms with van der Waals surface area (Å²) in [4.78, 5) is 10.7. The van der Waals surface area contributed by atoms with Crippen LogP contribution >= 0.6 is 24.0 Å². The molecule has 2 N–H and O–H groups in total. The first-order valence-corrected chi connectivity index (χ1v) is 5.03. The second kappa shape index (κ2) is 3.18. The predicted octanol–water partition coefficient (Wildman–Crippen LogP) is 2.59. The predicted molar refractivity (Wildman–Crippen MR) is 57.7 cm³/mol. The van der Waals surface area contributed by atoms with Gasteiger partial charge in [0.25, 0.3) is 0 Å². The van der Waals surface area contributed by atoms with Crippen LogP contribution in [-0.4, -0.2) is 16.2 Å². The van der Waals surface area contributed by atoms with E-state index in [1.54, 1.807) is 12.1 Å². The summed E-state index contributed by atoms with van der Waals surface area (Å²) in [6.07, 6.45) is 0. The number of carboxylic acids is 1. The molecule has 72 valence electrons. The first-order chi connectivity index (χ1) is 6.59. The minimum absolute atomic E-state index is 0.0762. The number of phenols is 1. The van der Waals surface area contributed by atoms with Gasteiger partial charge in [-0.3, -0.25) is 0 Å². The van der Waals surface area contributed by atoms with Crippen molar-refractivity contribution in [1.29, 1.82) is 0 Å². The molecule has 0 saturated carbocycles. The molecule has 0 saturated heterocycles. The number of aromatic carboxylic acids is 1. The number of hydrogen-bond acceptors (Lipinski definition) is 4. The normalized spacial score (nSPS) is 10.6. The summed E-state index contributed by atoms with van der Waals surface area (Å²) in [7, 11) is 0. The first kappa shape index (κ1) is 9.36. The van der Waals surface area contributed by atoms with E-state index in [4.69, 9.17) is 5.11 Å². The molecule has 5 heteroatoms. The van der Waals surface area contributed by atoms with Crippen LogP contribution in [0.15, 0.2) is 22.4 Å². The van der Waals surface area contributed by atoms with Gasteiger partial charge in [0.1, 0.15) is 11.3 Å². The Morgan fingerprint density at radius 1 is 1.43 bits per heavy atom. The number of carbonyl (C=O) groups is 1. The summed E-state index contributed by atoms with van der Waals surface area (Å²) in [6, 6.07) is 4.84. The third kappa shape index (κ3) is 1.34. The van der Waals surface area contributed by atoms with Gasteiger partial charge in [-0.15, -0.1) is 24.0 Å². The monoisotopic (exact) mass is 226 g/mol. The topological polar surface area (TPSA) is 57.5 Å². The fourth-order valence-electron chi connectivity index (χ4n) is 1.25. The molecule has 1 aromatic heterocycles. The van der Waals surface area contributed by atoms with Gasteiger partial charge in [0.15, 0.2) is 0 Å². The molecular weight excluding hydrogens is 220 g/mol. The van der Waals surface area contributed by atoms with E-state index in [0.717, 1.165) is 9.60 Å². The number of rotatable bonds is 1. The van der Waals surface area contributed by atoms with Crippen LogP contribution in [0.5, 0.6) is 5.75 Å². The van der Waals surface area contributed by atoms with E-state index < -0.39 is 5.97 Å². The van der Waals surface area contributed by atoms with Crippen LogP contribution in [0.2, 0.25) is 0 Å². The summed E-state index contributed by atoms with van der Waals surface area (Å²) in [5, 5.41) is 19.2. The van der Waals surface area contributed by atoms with E-state index in [1.165, 1.54) is 17.4 Å². The Bertz CT molecular complexity index is 516. The molecule has 0 spiro atoms. The lowest BCUT2D eigenvalue weighted by Gasteiger charge is -1.99. The number of benzene rings is 1. The fourth-order valence-corrected chi connectivity index (χ4v) is 2.51. The van der Waals surface area contributed by atoms with Crippen LogP contribution in [0.25, 0.3) is 10.1 Å². The van der Waals surface area contributed by atoms with Gasteiger partial charge in [-0.1, -0.05) is 6.07 Å². The highest BCUT2D eigenvalue weighted by atomic mass is 32.2. The van der Waals surface area contributed by atoms with Crippen molar-refractivity contribution in [3.8, 4) is 5.75 Å². The average Bonchev–Trinajstić information content (AvgIpc) is 2.46. The maximum absolute atomic E-state index is 10.7. The van der Waals surface area contributed by atoms with Gasteiger partial charge in [-0.25, -0.2) is 4.79 Å². The van der Waals surface area contributed by atoms with E-state index >= 15 is 0 Å². The van der Waals surface area contributed by atoms with E-state index in [2.05, 4.69) is 12.6 Å². The van der Waals surface area contributed by atoms with Crippen LogP contribution < -0.4 is 0 Å². The molecule has 0 fully saturated rings. The van der Waals surface area contributed by atoms with Crippen LogP contribution in [0.1, 0.15) is 10.4 Å². The molecule has 2 aromatic rings. The Kier molecular flexibility index (Phi) is 2.13. The lowest BCUT2D eigenvalue weighted by Crippen LogP contribution is -1.95. The summed E-state index contributed by atoms with van der Waals surface area (Å²) in [5.41, 5.74) is -0.0762. The molecule has 2 rings (SSSR count). The summed E-state index contributed by atoms with van der Waals surface area (Å²) in [5.74, 6) is -1.31. The zero-order valence-corrected chi connectivity index (χ0v) is 8.60. The highest BCUT2D eigenvalue weighted by Gasteiger charge is 2.13. The maximum Gasteiger partial charge on any atom is 0.339 e. The Balaban J connectivity index is 2.80. The zero-order valence-electron chi connectivity index (χ0n) is 6.89. The summed E-state index contributed by atoms with van der Waals surface area (Å²) in [6.45, 7) is 0. The van der Waals surface area contributed by atoms with Crippen molar-refractivity contribution in [2.24, 2.45) is 0 Å². The van der Waals surface area contributed by atoms with Gasteiger partial charge in [0.05, 0.1) is 8.91 Å². The number of aromatic hydroxyl groups is 1. The van der Waals surface area contributed by atoms with Crippen LogP contribution in [0.3, 0.4) is 0 Å². The quantitative estimate of drug-likeness (QED) is 0.655. The van der Waals surface area contributed by atoms with Gasteiger partial charge in [-0.05, 0) is 17.5 Å². The Morgan fingerprint density at radius 3 is 2.79 bits per heavy atom. The van der Waals surface area contributed by atoms with Gasteiger partial charge in [-0.2, -0.15) is 0 Å². The van der Waals surface area contributed by atoms with E-state index in [9.17, 15) is 9.90 Å². The highest BCUT2D eigenvalue weighted by Crippen LogP contribution is 2.36. The number of fused-ring (bicyclic) bond motifs is 1. The van der Waals surface area contributed by atoms with Crippen molar-refractivity contribution in [3.05, 3.63) is 23.8 Å². The maximum atomic E-state index is 10.7. The molecule has 1 heterocycles. The van der Waals surface area contributed by atoms with Crippen molar-refractivity contribution in [2.75, 3.05) is 0 Å². The molecular formula is C9H6O3S2. The van der Waals surface area contributed by atoms with Crippen LogP contribution in [-0.2, 0) is 0 Å². The third-order valence-corrected chi connectivity index (χ3v) is 3.24. The van der Waals surface area contributed by atoms with Gasteiger partial charge < -0.3 is 10.2 Å².